The summed E-state index contributed by atoms with van der Waals surface area (Å²) < 4.78 is 12.7. The molecule has 0 aliphatic carbocycles. The van der Waals surface area contributed by atoms with Gasteiger partial charge in [0.1, 0.15) is 0 Å². The zero-order chi connectivity index (χ0) is 20.2. The van der Waals surface area contributed by atoms with Gasteiger partial charge in [-0.1, -0.05) is 13.8 Å². The highest BCUT2D eigenvalue weighted by Crippen LogP contribution is 2.23. The highest BCUT2D eigenvalue weighted by atomic mass is 16.5. The number of imidazole rings is 2. The van der Waals surface area contributed by atoms with Gasteiger partial charge < -0.3 is 9.30 Å². The van der Waals surface area contributed by atoms with E-state index in [0.717, 1.165) is 37.3 Å². The molecule has 0 radical (unpaired) electrons. The highest BCUT2D eigenvalue weighted by Gasteiger charge is 2.25. The second-order valence-electron chi connectivity index (χ2n) is 8.32. The van der Waals surface area contributed by atoms with Gasteiger partial charge in [0.2, 0.25) is 5.78 Å². The van der Waals surface area contributed by atoms with Gasteiger partial charge in [-0.2, -0.15) is 4.98 Å². The van der Waals surface area contributed by atoms with Gasteiger partial charge in [-0.15, -0.1) is 0 Å². The van der Waals surface area contributed by atoms with Crippen LogP contribution < -0.4 is 11.2 Å². The largest absolute Gasteiger partial charge is 0.376 e. The van der Waals surface area contributed by atoms with Crippen molar-refractivity contribution in [3.8, 4) is 0 Å². The summed E-state index contributed by atoms with van der Waals surface area (Å²) in [4.78, 5) is 30.8. The van der Waals surface area contributed by atoms with E-state index in [4.69, 9.17) is 9.72 Å². The molecule has 3 aromatic heterocycles. The maximum atomic E-state index is 13.3. The number of hydrogen-bond acceptors (Lipinski definition) is 4. The minimum atomic E-state index is -0.307. The van der Waals surface area contributed by atoms with E-state index in [1.54, 1.807) is 7.05 Å². The summed E-state index contributed by atoms with van der Waals surface area (Å²) in [6.45, 7) is 10.1. The Kier molecular flexibility index (Phi) is 4.69. The van der Waals surface area contributed by atoms with Gasteiger partial charge >= 0.3 is 5.69 Å². The Hall–Kier alpha value is -2.35. The van der Waals surface area contributed by atoms with Crippen molar-refractivity contribution in [2.24, 2.45) is 13.0 Å². The zero-order valence-corrected chi connectivity index (χ0v) is 17.4. The molecule has 0 spiro atoms. The summed E-state index contributed by atoms with van der Waals surface area (Å²) in [5, 5.41) is 0. The first kappa shape index (κ1) is 19.0. The van der Waals surface area contributed by atoms with Crippen molar-refractivity contribution in [3.05, 3.63) is 32.2 Å². The van der Waals surface area contributed by atoms with Crippen LogP contribution in [-0.2, 0) is 24.9 Å². The molecule has 0 N–H and O–H groups in total. The normalized spacial score (nSPS) is 17.6. The van der Waals surface area contributed by atoms with Crippen LogP contribution in [0.4, 0.5) is 0 Å². The van der Waals surface area contributed by atoms with E-state index in [9.17, 15) is 9.59 Å². The van der Waals surface area contributed by atoms with Crippen LogP contribution in [-0.4, -0.2) is 35.8 Å². The predicted octanol–water partition coefficient (Wildman–Crippen LogP) is 1.99. The minimum absolute atomic E-state index is 0.167. The molecule has 1 aliphatic rings. The molecule has 0 saturated carbocycles. The zero-order valence-electron chi connectivity index (χ0n) is 17.4. The van der Waals surface area contributed by atoms with Crippen LogP contribution >= 0.6 is 0 Å². The maximum absolute atomic E-state index is 13.3. The fraction of sp³-hybridized carbons (Fsp3) is 0.650. The van der Waals surface area contributed by atoms with Crippen LogP contribution in [0.1, 0.15) is 44.5 Å². The summed E-state index contributed by atoms with van der Waals surface area (Å²) in [7, 11) is 1.69. The summed E-state index contributed by atoms with van der Waals surface area (Å²) in [6.07, 6.45) is 3.05. The molecule has 0 unspecified atom stereocenters. The Bertz CT molecular complexity index is 1160. The van der Waals surface area contributed by atoms with Crippen molar-refractivity contribution in [2.45, 2.75) is 66.2 Å². The number of hydrogen-bond donors (Lipinski definition) is 0. The first-order valence-corrected chi connectivity index (χ1v) is 10.1. The summed E-state index contributed by atoms with van der Waals surface area (Å²) in [5.41, 5.74) is 2.40. The third kappa shape index (κ3) is 2.82. The SMILES string of the molecule is Cc1c(C)n2c3c(=O)n(CCC(C)C)c(=O)n(C)c3nc2n1C[C@H]1CCCO1. The lowest BCUT2D eigenvalue weighted by Gasteiger charge is -2.12. The first-order valence-electron chi connectivity index (χ1n) is 10.1. The lowest BCUT2D eigenvalue weighted by molar-refractivity contribution is 0.0974. The van der Waals surface area contributed by atoms with Gasteiger partial charge in [0.25, 0.3) is 5.56 Å². The number of aromatic nitrogens is 5. The predicted molar refractivity (Wildman–Crippen MR) is 108 cm³/mol. The summed E-state index contributed by atoms with van der Waals surface area (Å²) in [6, 6.07) is 0. The van der Waals surface area contributed by atoms with E-state index in [-0.39, 0.29) is 17.4 Å². The molecule has 0 aromatic carbocycles. The second kappa shape index (κ2) is 6.92. The Morgan fingerprint density at radius 3 is 2.57 bits per heavy atom. The van der Waals surface area contributed by atoms with Crippen LogP contribution in [0, 0.1) is 19.8 Å². The number of rotatable bonds is 5. The van der Waals surface area contributed by atoms with Gasteiger partial charge in [0.15, 0.2) is 11.2 Å². The molecule has 28 heavy (non-hydrogen) atoms. The highest BCUT2D eigenvalue weighted by molar-refractivity contribution is 5.76. The van der Waals surface area contributed by atoms with Crippen molar-refractivity contribution in [2.75, 3.05) is 6.61 Å². The monoisotopic (exact) mass is 387 g/mol. The van der Waals surface area contributed by atoms with E-state index < -0.39 is 0 Å². The van der Waals surface area contributed by atoms with Crippen LogP contribution in [0.2, 0.25) is 0 Å². The third-order valence-electron chi connectivity index (χ3n) is 5.97. The van der Waals surface area contributed by atoms with Crippen molar-refractivity contribution in [1.82, 2.24) is 23.1 Å². The van der Waals surface area contributed by atoms with E-state index >= 15 is 0 Å². The van der Waals surface area contributed by atoms with Gasteiger partial charge in [0, 0.05) is 31.6 Å². The topological polar surface area (TPSA) is 75.5 Å². The molecule has 152 valence electrons. The Labute approximate surface area is 163 Å². The molecule has 8 heteroatoms. The quantitative estimate of drug-likeness (QED) is 0.671. The fourth-order valence-electron chi connectivity index (χ4n) is 4.11. The maximum Gasteiger partial charge on any atom is 0.332 e. The van der Waals surface area contributed by atoms with Crippen LogP contribution in [0.15, 0.2) is 9.59 Å². The van der Waals surface area contributed by atoms with Crippen molar-refractivity contribution in [1.29, 1.82) is 0 Å². The molecule has 4 rings (SSSR count). The standard InChI is InChI=1S/C20H29N5O3/c1-12(2)8-9-23-18(26)16-17(22(5)20(23)27)21-19-24(11-15-7-6-10-28-15)13(3)14(4)25(16)19/h12,15H,6-11H2,1-5H3/t15-/m1/s1. The average Bonchev–Trinajstić information content (AvgIpc) is 3.34. The molecule has 0 bridgehead atoms. The van der Waals surface area contributed by atoms with Gasteiger partial charge in [-0.3, -0.25) is 18.3 Å². The summed E-state index contributed by atoms with van der Waals surface area (Å²) in [5.74, 6) is 1.11. The minimum Gasteiger partial charge on any atom is -0.376 e. The number of ether oxygens (including phenoxy) is 1. The fourth-order valence-corrected chi connectivity index (χ4v) is 4.11. The average molecular weight is 387 g/mol. The molecule has 1 saturated heterocycles. The van der Waals surface area contributed by atoms with Crippen LogP contribution in [0.5, 0.6) is 0 Å². The van der Waals surface area contributed by atoms with Gasteiger partial charge in [-0.05, 0) is 39.0 Å². The molecule has 1 atom stereocenters. The van der Waals surface area contributed by atoms with Gasteiger partial charge in [0.05, 0.1) is 12.6 Å². The van der Waals surface area contributed by atoms with Crippen molar-refractivity contribution in [3.63, 3.8) is 0 Å². The van der Waals surface area contributed by atoms with Crippen LogP contribution in [0.3, 0.4) is 0 Å². The summed E-state index contributed by atoms with van der Waals surface area (Å²) >= 11 is 0. The molecule has 1 fully saturated rings. The Morgan fingerprint density at radius 2 is 1.93 bits per heavy atom. The Balaban J connectivity index is 1.96. The van der Waals surface area contributed by atoms with E-state index in [2.05, 4.69) is 18.4 Å². The van der Waals surface area contributed by atoms with Crippen molar-refractivity contribution < 1.29 is 4.74 Å². The number of fused-ring (bicyclic) bond motifs is 3. The Morgan fingerprint density at radius 1 is 1.18 bits per heavy atom. The third-order valence-corrected chi connectivity index (χ3v) is 5.97. The molecule has 3 aromatic rings. The lowest BCUT2D eigenvalue weighted by atomic mass is 10.1. The molecule has 0 amide bonds. The number of nitrogens with zero attached hydrogens (tertiary/aromatic N) is 5. The molecular weight excluding hydrogens is 358 g/mol. The number of aryl methyl sites for hydroxylation is 2. The second-order valence-corrected chi connectivity index (χ2v) is 8.32. The molecule has 4 heterocycles. The van der Waals surface area contributed by atoms with Crippen LogP contribution in [0.25, 0.3) is 16.9 Å². The molecule has 1 aliphatic heterocycles. The lowest BCUT2D eigenvalue weighted by Crippen LogP contribution is -2.39. The van der Waals surface area contributed by atoms with Crippen molar-refractivity contribution >= 4 is 16.9 Å². The molecular formula is C20H29N5O3. The molecule has 8 nitrogen and oxygen atoms in total. The first-order chi connectivity index (χ1) is 13.3. The van der Waals surface area contributed by atoms with E-state index in [1.165, 1.54) is 9.13 Å². The van der Waals surface area contributed by atoms with E-state index in [1.807, 2.05) is 18.2 Å². The van der Waals surface area contributed by atoms with Gasteiger partial charge in [-0.25, -0.2) is 4.79 Å². The van der Waals surface area contributed by atoms with E-state index in [0.29, 0.717) is 35.9 Å². The smallest absolute Gasteiger partial charge is 0.332 e.